The monoisotopic (exact) mass is 312 g/mol. The SMILES string of the molecule is CC(CO)CNS(=O)(=O)c1c(N)cc(Cl)cc1Cl. The molecule has 0 radical (unpaired) electrons. The van der Waals surface area contributed by atoms with E-state index in [1.54, 1.807) is 6.92 Å². The lowest BCUT2D eigenvalue weighted by molar-refractivity contribution is 0.238. The van der Waals surface area contributed by atoms with Gasteiger partial charge in [0.15, 0.2) is 0 Å². The molecule has 0 fully saturated rings. The Balaban J connectivity index is 3.06. The lowest BCUT2D eigenvalue weighted by atomic mass is 10.2. The summed E-state index contributed by atoms with van der Waals surface area (Å²) >= 11 is 11.5. The van der Waals surface area contributed by atoms with Crippen LogP contribution in [0.5, 0.6) is 0 Å². The second-order valence-corrected chi connectivity index (χ2v) is 6.49. The van der Waals surface area contributed by atoms with Crippen molar-refractivity contribution in [2.24, 2.45) is 5.92 Å². The number of rotatable bonds is 5. The van der Waals surface area contributed by atoms with Gasteiger partial charge in [0, 0.05) is 18.2 Å². The molecule has 0 aliphatic carbocycles. The quantitative estimate of drug-likeness (QED) is 0.718. The first-order chi connectivity index (χ1) is 8.27. The first-order valence-corrected chi connectivity index (χ1v) is 7.37. The summed E-state index contributed by atoms with van der Waals surface area (Å²) in [5.41, 5.74) is 5.59. The van der Waals surface area contributed by atoms with E-state index in [9.17, 15) is 8.42 Å². The Morgan fingerprint density at radius 2 is 2.06 bits per heavy atom. The van der Waals surface area contributed by atoms with Crippen molar-refractivity contribution in [1.82, 2.24) is 4.72 Å². The van der Waals surface area contributed by atoms with Crippen LogP contribution in [0, 0.1) is 5.92 Å². The van der Waals surface area contributed by atoms with Crippen molar-refractivity contribution in [2.45, 2.75) is 11.8 Å². The molecule has 1 rings (SSSR count). The zero-order valence-electron chi connectivity index (χ0n) is 9.65. The number of halogens is 2. The third kappa shape index (κ3) is 3.73. The maximum Gasteiger partial charge on any atom is 0.244 e. The first kappa shape index (κ1) is 15.5. The van der Waals surface area contributed by atoms with Crippen LogP contribution < -0.4 is 10.5 Å². The lowest BCUT2D eigenvalue weighted by Gasteiger charge is -2.13. The van der Waals surface area contributed by atoms with E-state index < -0.39 is 10.0 Å². The van der Waals surface area contributed by atoms with Crippen LogP contribution in [-0.2, 0) is 10.0 Å². The molecule has 0 saturated carbocycles. The second-order valence-electron chi connectivity index (χ2n) is 3.95. The molecule has 0 spiro atoms. The van der Waals surface area contributed by atoms with Crippen molar-refractivity contribution in [1.29, 1.82) is 0 Å². The number of nitrogen functional groups attached to an aromatic ring is 1. The highest BCUT2D eigenvalue weighted by Gasteiger charge is 2.22. The third-order valence-corrected chi connectivity index (χ3v) is 4.41. The molecule has 0 heterocycles. The van der Waals surface area contributed by atoms with Gasteiger partial charge in [-0.2, -0.15) is 0 Å². The number of hydrogen-bond donors (Lipinski definition) is 3. The van der Waals surface area contributed by atoms with Crippen molar-refractivity contribution < 1.29 is 13.5 Å². The molecule has 0 amide bonds. The maximum atomic E-state index is 12.0. The van der Waals surface area contributed by atoms with Crippen molar-refractivity contribution in [3.05, 3.63) is 22.2 Å². The summed E-state index contributed by atoms with van der Waals surface area (Å²) < 4.78 is 26.3. The van der Waals surface area contributed by atoms with Crippen LogP contribution in [0.1, 0.15) is 6.92 Å². The van der Waals surface area contributed by atoms with E-state index in [1.807, 2.05) is 0 Å². The highest BCUT2D eigenvalue weighted by molar-refractivity contribution is 7.89. The van der Waals surface area contributed by atoms with Crippen LogP contribution >= 0.6 is 23.2 Å². The number of nitrogens with two attached hydrogens (primary N) is 1. The first-order valence-electron chi connectivity index (χ1n) is 5.13. The highest BCUT2D eigenvalue weighted by Crippen LogP contribution is 2.30. The minimum Gasteiger partial charge on any atom is -0.398 e. The second kappa shape index (κ2) is 6.08. The molecule has 0 saturated heterocycles. The van der Waals surface area contributed by atoms with E-state index in [2.05, 4.69) is 4.72 Å². The van der Waals surface area contributed by atoms with E-state index >= 15 is 0 Å². The number of sulfonamides is 1. The molecule has 1 atom stereocenters. The third-order valence-electron chi connectivity index (χ3n) is 2.24. The van der Waals surface area contributed by atoms with Crippen molar-refractivity contribution in [3.8, 4) is 0 Å². The van der Waals surface area contributed by atoms with Gasteiger partial charge in [0.05, 0.1) is 10.7 Å². The van der Waals surface area contributed by atoms with Gasteiger partial charge in [-0.25, -0.2) is 13.1 Å². The Hall–Kier alpha value is -0.530. The van der Waals surface area contributed by atoms with Crippen molar-refractivity contribution in [2.75, 3.05) is 18.9 Å². The minimum atomic E-state index is -3.82. The number of nitrogens with one attached hydrogen (secondary N) is 1. The van der Waals surface area contributed by atoms with Gasteiger partial charge in [0.2, 0.25) is 10.0 Å². The summed E-state index contributed by atoms with van der Waals surface area (Å²) in [6, 6.07) is 2.63. The Morgan fingerprint density at radius 3 is 2.56 bits per heavy atom. The van der Waals surface area contributed by atoms with E-state index in [4.69, 9.17) is 34.0 Å². The number of benzene rings is 1. The fourth-order valence-electron chi connectivity index (χ4n) is 1.25. The van der Waals surface area contributed by atoms with E-state index in [-0.39, 0.29) is 39.7 Å². The number of hydrogen-bond acceptors (Lipinski definition) is 4. The smallest absolute Gasteiger partial charge is 0.244 e. The number of aliphatic hydroxyl groups excluding tert-OH is 1. The molecular formula is C10H14Cl2N2O3S. The van der Waals surface area contributed by atoms with Gasteiger partial charge in [-0.3, -0.25) is 0 Å². The molecular weight excluding hydrogens is 299 g/mol. The Bertz CT molecular complexity index is 511. The van der Waals surface area contributed by atoms with E-state index in [1.165, 1.54) is 12.1 Å². The van der Waals surface area contributed by atoms with Crippen molar-refractivity contribution >= 4 is 38.9 Å². The van der Waals surface area contributed by atoms with Gasteiger partial charge in [-0.1, -0.05) is 30.1 Å². The van der Waals surface area contributed by atoms with Gasteiger partial charge >= 0.3 is 0 Å². The summed E-state index contributed by atoms with van der Waals surface area (Å²) in [7, 11) is -3.82. The Kier molecular flexibility index (Phi) is 5.24. The molecule has 1 aromatic carbocycles. The largest absolute Gasteiger partial charge is 0.398 e. The van der Waals surface area contributed by atoms with Crippen LogP contribution in [0.15, 0.2) is 17.0 Å². The number of anilines is 1. The minimum absolute atomic E-state index is 0.0170. The predicted octanol–water partition coefficient (Wildman–Crippen LogP) is 1.48. The average molecular weight is 313 g/mol. The van der Waals surface area contributed by atoms with Crippen LogP contribution in [0.2, 0.25) is 10.0 Å². The van der Waals surface area contributed by atoms with Gasteiger partial charge in [-0.15, -0.1) is 0 Å². The van der Waals surface area contributed by atoms with Gasteiger partial charge < -0.3 is 10.8 Å². The fourth-order valence-corrected chi connectivity index (χ4v) is 3.40. The lowest BCUT2D eigenvalue weighted by Crippen LogP contribution is -2.30. The molecule has 0 aliphatic rings. The summed E-state index contributed by atoms with van der Waals surface area (Å²) in [6.45, 7) is 1.68. The molecule has 1 unspecified atom stereocenters. The normalized spacial score (nSPS) is 13.6. The van der Waals surface area contributed by atoms with Gasteiger partial charge in [0.25, 0.3) is 0 Å². The fraction of sp³-hybridized carbons (Fsp3) is 0.400. The summed E-state index contributed by atoms with van der Waals surface area (Å²) in [4.78, 5) is -0.196. The summed E-state index contributed by atoms with van der Waals surface area (Å²) in [5.74, 6) is -0.202. The van der Waals surface area contributed by atoms with Crippen LogP contribution in [0.3, 0.4) is 0 Å². The molecule has 0 aromatic heterocycles. The van der Waals surface area contributed by atoms with Gasteiger partial charge in [-0.05, 0) is 18.1 Å². The van der Waals surface area contributed by atoms with Crippen LogP contribution in [-0.4, -0.2) is 26.7 Å². The Labute approximate surface area is 116 Å². The zero-order chi connectivity index (χ0) is 13.9. The molecule has 18 heavy (non-hydrogen) atoms. The van der Waals surface area contributed by atoms with Crippen molar-refractivity contribution in [3.63, 3.8) is 0 Å². The maximum absolute atomic E-state index is 12.0. The summed E-state index contributed by atoms with van der Waals surface area (Å²) in [5, 5.41) is 9.07. The average Bonchev–Trinajstić information content (AvgIpc) is 2.24. The predicted molar refractivity (Wildman–Crippen MR) is 72.3 cm³/mol. The topological polar surface area (TPSA) is 92.4 Å². The molecule has 102 valence electrons. The molecule has 8 heteroatoms. The molecule has 1 aromatic rings. The molecule has 4 N–H and O–H groups in total. The molecule has 5 nitrogen and oxygen atoms in total. The zero-order valence-corrected chi connectivity index (χ0v) is 12.0. The van der Waals surface area contributed by atoms with Crippen LogP contribution in [0.4, 0.5) is 5.69 Å². The van der Waals surface area contributed by atoms with E-state index in [0.29, 0.717) is 0 Å². The molecule has 0 bridgehead atoms. The van der Waals surface area contributed by atoms with Gasteiger partial charge in [0.1, 0.15) is 4.90 Å². The summed E-state index contributed by atoms with van der Waals surface area (Å²) in [6.07, 6.45) is 0. The number of aliphatic hydroxyl groups is 1. The Morgan fingerprint density at radius 1 is 1.44 bits per heavy atom. The van der Waals surface area contributed by atoms with E-state index in [0.717, 1.165) is 0 Å². The standard InChI is InChI=1S/C10H14Cl2N2O3S/c1-6(5-15)4-14-18(16,17)10-8(12)2-7(11)3-9(10)13/h2-3,6,14-15H,4-5,13H2,1H3. The highest BCUT2D eigenvalue weighted by atomic mass is 35.5. The molecule has 0 aliphatic heterocycles. The van der Waals surface area contributed by atoms with Crippen LogP contribution in [0.25, 0.3) is 0 Å².